The van der Waals surface area contributed by atoms with Crippen LogP contribution in [0.15, 0.2) is 24.3 Å². The molecule has 1 aromatic carbocycles. The minimum absolute atomic E-state index is 0. The van der Waals surface area contributed by atoms with Crippen LogP contribution in [0.25, 0.3) is 0 Å². The van der Waals surface area contributed by atoms with Gasteiger partial charge < -0.3 is 10.6 Å². The van der Waals surface area contributed by atoms with Gasteiger partial charge in [-0.3, -0.25) is 4.79 Å². The normalized spacial score (nSPS) is 16.9. The fourth-order valence-corrected chi connectivity index (χ4v) is 2.94. The van der Waals surface area contributed by atoms with Crippen LogP contribution in [0.2, 0.25) is 5.02 Å². The van der Waals surface area contributed by atoms with Gasteiger partial charge in [-0.2, -0.15) is 0 Å². The number of amides is 1. The summed E-state index contributed by atoms with van der Waals surface area (Å²) in [7, 11) is 0. The smallest absolute Gasteiger partial charge is 0.220 e. The molecule has 3 nitrogen and oxygen atoms in total. The summed E-state index contributed by atoms with van der Waals surface area (Å²) in [5.74, 6) is 0.678. The highest BCUT2D eigenvalue weighted by Gasteiger charge is 2.19. The number of halogens is 2. The molecule has 1 saturated heterocycles. The summed E-state index contributed by atoms with van der Waals surface area (Å²) in [4.78, 5) is 12.2. The van der Waals surface area contributed by atoms with Gasteiger partial charge in [0.15, 0.2) is 0 Å². The highest BCUT2D eigenvalue weighted by molar-refractivity contribution is 6.30. The van der Waals surface area contributed by atoms with Gasteiger partial charge in [-0.1, -0.05) is 30.7 Å². The molecule has 1 unspecified atom stereocenters. The highest BCUT2D eigenvalue weighted by atomic mass is 35.5. The maximum Gasteiger partial charge on any atom is 0.220 e. The maximum atomic E-state index is 12.2. The van der Waals surface area contributed by atoms with Crippen LogP contribution < -0.4 is 10.6 Å². The molecule has 0 bridgehead atoms. The molecule has 118 valence electrons. The molecule has 1 fully saturated rings. The van der Waals surface area contributed by atoms with E-state index < -0.39 is 0 Å². The van der Waals surface area contributed by atoms with Gasteiger partial charge in [0.05, 0.1) is 6.04 Å². The number of nitrogens with one attached hydrogen (secondary N) is 2. The van der Waals surface area contributed by atoms with Crippen molar-refractivity contribution >= 4 is 29.9 Å². The van der Waals surface area contributed by atoms with Crippen molar-refractivity contribution in [3.8, 4) is 0 Å². The Labute approximate surface area is 138 Å². The second-order valence-corrected chi connectivity index (χ2v) is 5.92. The molecule has 5 heteroatoms. The quantitative estimate of drug-likeness (QED) is 0.863. The Morgan fingerprint density at radius 3 is 2.76 bits per heavy atom. The van der Waals surface area contributed by atoms with Crippen molar-refractivity contribution in [2.45, 2.75) is 38.6 Å². The zero-order chi connectivity index (χ0) is 14.4. The van der Waals surface area contributed by atoms with Crippen molar-refractivity contribution in [1.29, 1.82) is 0 Å². The molecule has 2 N–H and O–H groups in total. The van der Waals surface area contributed by atoms with E-state index in [-0.39, 0.29) is 24.4 Å². The number of benzene rings is 1. The van der Waals surface area contributed by atoms with Gasteiger partial charge in [0.25, 0.3) is 0 Å². The van der Waals surface area contributed by atoms with E-state index in [0.29, 0.717) is 17.4 Å². The summed E-state index contributed by atoms with van der Waals surface area (Å²) in [6, 6.07) is 7.79. The number of carbonyl (C=O) groups excluding carboxylic acids is 1. The number of carbonyl (C=O) groups is 1. The SMILES string of the molecule is CCC(NC(=O)CC1CCNCC1)c1cccc(Cl)c1.Cl. The molecular formula is C16H24Cl2N2O. The van der Waals surface area contributed by atoms with E-state index in [0.717, 1.165) is 37.9 Å². The van der Waals surface area contributed by atoms with Crippen molar-refractivity contribution in [1.82, 2.24) is 10.6 Å². The van der Waals surface area contributed by atoms with Gasteiger partial charge in [0.2, 0.25) is 5.91 Å². The standard InChI is InChI=1S/C16H23ClN2O.ClH/c1-2-15(13-4-3-5-14(17)11-13)19-16(20)10-12-6-8-18-9-7-12;/h3-5,11-12,15,18H,2,6-10H2,1H3,(H,19,20);1H. The van der Waals surface area contributed by atoms with Gasteiger partial charge in [-0.15, -0.1) is 12.4 Å². The molecule has 1 aliphatic heterocycles. The first-order chi connectivity index (χ1) is 9.69. The highest BCUT2D eigenvalue weighted by Crippen LogP contribution is 2.22. The Morgan fingerprint density at radius 1 is 1.43 bits per heavy atom. The fraction of sp³-hybridized carbons (Fsp3) is 0.562. The topological polar surface area (TPSA) is 41.1 Å². The molecule has 1 aromatic rings. The maximum absolute atomic E-state index is 12.2. The lowest BCUT2D eigenvalue weighted by Crippen LogP contribution is -2.33. The fourth-order valence-electron chi connectivity index (χ4n) is 2.75. The Balaban J connectivity index is 0.00000220. The summed E-state index contributed by atoms with van der Waals surface area (Å²) in [5.41, 5.74) is 1.08. The molecule has 0 spiro atoms. The molecule has 0 radical (unpaired) electrons. The molecule has 1 amide bonds. The Kier molecular flexibility index (Phi) is 8.09. The van der Waals surface area contributed by atoms with E-state index >= 15 is 0 Å². The van der Waals surface area contributed by atoms with Gasteiger partial charge in [0.1, 0.15) is 0 Å². The van der Waals surface area contributed by atoms with Crippen molar-refractivity contribution < 1.29 is 4.79 Å². The summed E-state index contributed by atoms with van der Waals surface area (Å²) in [6.45, 7) is 4.14. The van der Waals surface area contributed by atoms with E-state index in [9.17, 15) is 4.79 Å². The van der Waals surface area contributed by atoms with Gasteiger partial charge >= 0.3 is 0 Å². The predicted octanol–water partition coefficient (Wildman–Crippen LogP) is 3.72. The third kappa shape index (κ3) is 5.85. The van der Waals surface area contributed by atoms with E-state index in [2.05, 4.69) is 17.6 Å². The Morgan fingerprint density at radius 2 is 2.14 bits per heavy atom. The lowest BCUT2D eigenvalue weighted by atomic mass is 9.94. The summed E-state index contributed by atoms with van der Waals surface area (Å²) in [6.07, 6.45) is 3.71. The lowest BCUT2D eigenvalue weighted by molar-refractivity contribution is -0.123. The minimum atomic E-state index is 0. The molecule has 21 heavy (non-hydrogen) atoms. The largest absolute Gasteiger partial charge is 0.349 e. The van der Waals surface area contributed by atoms with Crippen molar-refractivity contribution in [3.63, 3.8) is 0 Å². The summed E-state index contributed by atoms with van der Waals surface area (Å²) >= 11 is 6.02. The molecule has 0 aromatic heterocycles. The predicted molar refractivity (Wildman–Crippen MR) is 90.1 cm³/mol. The second kappa shape index (κ2) is 9.29. The number of piperidine rings is 1. The van der Waals surface area contributed by atoms with Crippen molar-refractivity contribution in [3.05, 3.63) is 34.9 Å². The zero-order valence-electron chi connectivity index (χ0n) is 12.4. The molecule has 0 saturated carbocycles. The molecular weight excluding hydrogens is 307 g/mol. The zero-order valence-corrected chi connectivity index (χ0v) is 14.0. The van der Waals surface area contributed by atoms with Crippen LogP contribution in [0.5, 0.6) is 0 Å². The van der Waals surface area contributed by atoms with Crippen LogP contribution in [-0.4, -0.2) is 19.0 Å². The summed E-state index contributed by atoms with van der Waals surface area (Å²) < 4.78 is 0. The first kappa shape index (κ1) is 18.3. The number of rotatable bonds is 5. The molecule has 2 rings (SSSR count). The van der Waals surface area contributed by atoms with E-state index in [1.54, 1.807) is 0 Å². The monoisotopic (exact) mass is 330 g/mol. The third-order valence-corrected chi connectivity index (χ3v) is 4.16. The molecule has 1 aliphatic rings. The Bertz CT molecular complexity index is 448. The Hall–Kier alpha value is -0.770. The molecule has 1 atom stereocenters. The first-order valence-electron chi connectivity index (χ1n) is 7.44. The van der Waals surface area contributed by atoms with Crippen LogP contribution in [0, 0.1) is 5.92 Å². The van der Waals surface area contributed by atoms with Gasteiger partial charge in [0, 0.05) is 11.4 Å². The van der Waals surface area contributed by atoms with Gasteiger partial charge in [-0.05, 0) is 56.0 Å². The second-order valence-electron chi connectivity index (χ2n) is 5.48. The average molecular weight is 331 g/mol. The average Bonchev–Trinajstić information content (AvgIpc) is 2.46. The third-order valence-electron chi connectivity index (χ3n) is 3.93. The van der Waals surface area contributed by atoms with Crippen LogP contribution >= 0.6 is 24.0 Å². The van der Waals surface area contributed by atoms with E-state index in [1.807, 2.05) is 24.3 Å². The van der Waals surface area contributed by atoms with Crippen LogP contribution in [0.1, 0.15) is 44.2 Å². The van der Waals surface area contributed by atoms with E-state index in [4.69, 9.17) is 11.6 Å². The minimum Gasteiger partial charge on any atom is -0.349 e. The van der Waals surface area contributed by atoms with Crippen LogP contribution in [0.4, 0.5) is 0 Å². The first-order valence-corrected chi connectivity index (χ1v) is 7.82. The van der Waals surface area contributed by atoms with Crippen LogP contribution in [0.3, 0.4) is 0 Å². The number of hydrogen-bond donors (Lipinski definition) is 2. The van der Waals surface area contributed by atoms with Crippen molar-refractivity contribution in [2.75, 3.05) is 13.1 Å². The van der Waals surface area contributed by atoms with Crippen molar-refractivity contribution in [2.24, 2.45) is 5.92 Å². The van der Waals surface area contributed by atoms with Crippen LogP contribution in [-0.2, 0) is 4.79 Å². The molecule has 0 aliphatic carbocycles. The molecule has 1 heterocycles. The van der Waals surface area contributed by atoms with E-state index in [1.165, 1.54) is 0 Å². The summed E-state index contributed by atoms with van der Waals surface area (Å²) in [5, 5.41) is 7.18. The number of hydrogen-bond acceptors (Lipinski definition) is 2. The lowest BCUT2D eigenvalue weighted by Gasteiger charge is -2.24. The van der Waals surface area contributed by atoms with Gasteiger partial charge in [-0.25, -0.2) is 0 Å².